The fourth-order valence-electron chi connectivity index (χ4n) is 3.06. The van der Waals surface area contributed by atoms with E-state index in [0.717, 1.165) is 21.9 Å². The largest absolute Gasteiger partial charge is 0.497 e. The topological polar surface area (TPSA) is 136 Å². The molecule has 0 saturated carbocycles. The molecule has 0 fully saturated rings. The first-order chi connectivity index (χ1) is 16.2. The first-order valence-electron chi connectivity index (χ1n) is 10.1. The zero-order chi connectivity index (χ0) is 25.3. The Kier molecular flexibility index (Phi) is 10.4. The molecule has 0 unspecified atom stereocenters. The summed E-state index contributed by atoms with van der Waals surface area (Å²) in [5.74, 6) is -2.10. The number of carboxylic acid groups (broad SMARTS) is 2. The number of carbonyl (C=O) groups is 3. The van der Waals surface area contributed by atoms with Gasteiger partial charge in [0.1, 0.15) is 11.9 Å². The van der Waals surface area contributed by atoms with Gasteiger partial charge in [-0.15, -0.1) is 11.8 Å². The molecule has 1 aliphatic rings. The van der Waals surface area contributed by atoms with Crippen LogP contribution in [0.2, 0.25) is 5.02 Å². The van der Waals surface area contributed by atoms with E-state index < -0.39 is 23.3 Å². The highest BCUT2D eigenvalue weighted by Gasteiger charge is 2.37. The number of rotatable bonds is 7. The summed E-state index contributed by atoms with van der Waals surface area (Å²) in [4.78, 5) is 34.6. The first kappa shape index (κ1) is 27.2. The van der Waals surface area contributed by atoms with Gasteiger partial charge in [-0.1, -0.05) is 23.7 Å². The van der Waals surface area contributed by atoms with Crippen molar-refractivity contribution in [3.8, 4) is 5.75 Å². The first-order valence-corrected chi connectivity index (χ1v) is 11.3. The van der Waals surface area contributed by atoms with Gasteiger partial charge in [-0.25, -0.2) is 9.59 Å². The molecule has 0 aromatic heterocycles. The van der Waals surface area contributed by atoms with Gasteiger partial charge in [0.25, 0.3) is 5.91 Å². The van der Waals surface area contributed by atoms with Crippen LogP contribution < -0.4 is 15.0 Å². The minimum atomic E-state index is -1.26. The molecule has 1 heterocycles. The number of carboxylic acids is 2. The minimum Gasteiger partial charge on any atom is -0.497 e. The van der Waals surface area contributed by atoms with E-state index in [9.17, 15) is 19.5 Å². The van der Waals surface area contributed by atoms with Crippen molar-refractivity contribution in [1.82, 2.24) is 5.32 Å². The zero-order valence-corrected chi connectivity index (χ0v) is 20.0. The molecule has 3 rings (SSSR count). The van der Waals surface area contributed by atoms with Crippen molar-refractivity contribution in [3.05, 3.63) is 65.2 Å². The van der Waals surface area contributed by atoms with Crippen LogP contribution in [-0.2, 0) is 14.4 Å². The molecule has 0 aliphatic carbocycles. The average molecular weight is 509 g/mol. The van der Waals surface area contributed by atoms with E-state index in [1.165, 1.54) is 11.8 Å². The van der Waals surface area contributed by atoms with Gasteiger partial charge in [0.15, 0.2) is 0 Å². The number of thioether (sulfide) groups is 1. The molecule has 0 bridgehead atoms. The number of likely N-dealkylation sites (N-methyl/N-ethyl adjacent to an activating group) is 1. The third kappa shape index (κ3) is 7.49. The van der Waals surface area contributed by atoms with Crippen molar-refractivity contribution in [3.63, 3.8) is 0 Å². The van der Waals surface area contributed by atoms with Crippen molar-refractivity contribution in [1.29, 1.82) is 0 Å². The number of carbonyl (C=O) groups excluding carboxylic acids is 1. The van der Waals surface area contributed by atoms with Gasteiger partial charge >= 0.3 is 11.9 Å². The van der Waals surface area contributed by atoms with Crippen molar-refractivity contribution in [2.24, 2.45) is 0 Å². The number of halogens is 1. The highest BCUT2D eigenvalue weighted by molar-refractivity contribution is 7.99. The Morgan fingerprint density at radius 2 is 1.76 bits per heavy atom. The number of aliphatic hydroxyl groups excluding tert-OH is 1. The van der Waals surface area contributed by atoms with Crippen LogP contribution in [0.25, 0.3) is 0 Å². The van der Waals surface area contributed by atoms with Crippen molar-refractivity contribution < 1.29 is 34.4 Å². The molecule has 0 spiro atoms. The molecule has 1 aliphatic heterocycles. The second-order valence-electron chi connectivity index (χ2n) is 6.97. The number of amides is 1. The average Bonchev–Trinajstić information content (AvgIpc) is 2.91. The van der Waals surface area contributed by atoms with E-state index in [1.807, 2.05) is 43.4 Å². The molecule has 34 heavy (non-hydrogen) atoms. The maximum atomic E-state index is 13.0. The summed E-state index contributed by atoms with van der Waals surface area (Å²) in [6, 6.07) is 12.9. The lowest BCUT2D eigenvalue weighted by atomic mass is 10.1. The molecule has 182 valence electrons. The number of nitrogens with zero attached hydrogens (tertiary/aromatic N) is 1. The summed E-state index contributed by atoms with van der Waals surface area (Å²) in [5.41, 5.74) is 1.63. The van der Waals surface area contributed by atoms with Gasteiger partial charge in [0.2, 0.25) is 0 Å². The number of aliphatic hydroxyl groups is 1. The van der Waals surface area contributed by atoms with Gasteiger partial charge in [-0.2, -0.15) is 0 Å². The van der Waals surface area contributed by atoms with Gasteiger partial charge in [-0.3, -0.25) is 4.79 Å². The smallest absolute Gasteiger partial charge is 0.328 e. The lowest BCUT2D eigenvalue weighted by Gasteiger charge is -2.25. The highest BCUT2D eigenvalue weighted by atomic mass is 35.5. The van der Waals surface area contributed by atoms with Crippen LogP contribution in [0, 0.1) is 0 Å². The highest BCUT2D eigenvalue weighted by Crippen LogP contribution is 2.46. The Bertz CT molecular complexity index is 1030. The van der Waals surface area contributed by atoms with E-state index in [1.54, 1.807) is 18.1 Å². The Hall–Kier alpha value is -3.05. The number of aliphatic carboxylic acids is 2. The van der Waals surface area contributed by atoms with Gasteiger partial charge in [0, 0.05) is 35.2 Å². The summed E-state index contributed by atoms with van der Waals surface area (Å²) >= 11 is 7.63. The van der Waals surface area contributed by atoms with Crippen molar-refractivity contribution >= 4 is 46.9 Å². The fourth-order valence-corrected chi connectivity index (χ4v) is 4.60. The third-order valence-electron chi connectivity index (χ3n) is 4.67. The number of nitrogens with one attached hydrogen (secondary N) is 1. The molecule has 9 nitrogen and oxygen atoms in total. The number of benzene rings is 2. The van der Waals surface area contributed by atoms with Crippen molar-refractivity contribution in [2.75, 3.05) is 32.1 Å². The third-order valence-corrected chi connectivity index (χ3v) is 6.27. The number of methoxy groups -OCH3 is 1. The summed E-state index contributed by atoms with van der Waals surface area (Å²) < 4.78 is 5.19. The molecule has 2 aromatic rings. The quantitative estimate of drug-likeness (QED) is 0.416. The van der Waals surface area contributed by atoms with Crippen LogP contribution in [0.4, 0.5) is 5.69 Å². The lowest BCUT2D eigenvalue weighted by molar-refractivity contribution is -0.134. The Balaban J connectivity index is 0.000000440. The maximum Gasteiger partial charge on any atom is 0.328 e. The van der Waals surface area contributed by atoms with Gasteiger partial charge in [-0.05, 0) is 42.9 Å². The standard InChI is InChI=1S/C19H21ClN2O3S.C4H4O4/c1-21-9-10-22-15-8-5-13(20)11-16(15)26-18(17(23)19(22)24)12-3-6-14(25-2)7-4-12;5-3(6)1-2-4(7)8/h3-8,11,17-18,21,23H,9-10H2,1-2H3;1-2H,(H,5,6)(H,7,8)/t17-,18+;/m1./s1. The molecule has 11 heteroatoms. The predicted molar refractivity (Wildman–Crippen MR) is 130 cm³/mol. The molecule has 2 aromatic carbocycles. The van der Waals surface area contributed by atoms with Crippen molar-refractivity contribution in [2.45, 2.75) is 16.2 Å². The fraction of sp³-hybridized carbons (Fsp3) is 0.261. The van der Waals surface area contributed by atoms with E-state index in [2.05, 4.69) is 5.32 Å². The second-order valence-corrected chi connectivity index (χ2v) is 8.59. The van der Waals surface area contributed by atoms with Gasteiger partial charge < -0.3 is 30.3 Å². The van der Waals surface area contributed by atoms with E-state index in [4.69, 9.17) is 26.6 Å². The van der Waals surface area contributed by atoms with E-state index in [0.29, 0.717) is 30.3 Å². The minimum absolute atomic E-state index is 0.311. The number of hydrogen-bond acceptors (Lipinski definition) is 7. The van der Waals surface area contributed by atoms with Crippen LogP contribution in [-0.4, -0.2) is 66.5 Å². The van der Waals surface area contributed by atoms with Crippen LogP contribution >= 0.6 is 23.4 Å². The predicted octanol–water partition coefficient (Wildman–Crippen LogP) is 2.82. The Morgan fingerprint density at radius 1 is 1.15 bits per heavy atom. The number of ether oxygens (including phenoxy) is 1. The molecule has 4 N–H and O–H groups in total. The number of anilines is 1. The summed E-state index contributed by atoms with van der Waals surface area (Å²) in [6.07, 6.45) is -0.0403. The molecular formula is C23H25ClN2O7S. The summed E-state index contributed by atoms with van der Waals surface area (Å²) in [7, 11) is 3.43. The lowest BCUT2D eigenvalue weighted by Crippen LogP contribution is -2.43. The summed E-state index contributed by atoms with van der Waals surface area (Å²) in [5, 5.41) is 29.7. The summed E-state index contributed by atoms with van der Waals surface area (Å²) in [6.45, 7) is 1.09. The van der Waals surface area contributed by atoms with E-state index >= 15 is 0 Å². The monoisotopic (exact) mass is 508 g/mol. The number of hydrogen-bond donors (Lipinski definition) is 4. The molecule has 2 atom stereocenters. The van der Waals surface area contributed by atoms with E-state index in [-0.39, 0.29) is 5.91 Å². The van der Waals surface area contributed by atoms with Crippen LogP contribution in [0.1, 0.15) is 10.8 Å². The normalized spacial score (nSPS) is 17.4. The second kappa shape index (κ2) is 13.0. The zero-order valence-electron chi connectivity index (χ0n) is 18.5. The van der Waals surface area contributed by atoms with Crippen LogP contribution in [0.3, 0.4) is 0 Å². The SMILES string of the molecule is CNCCN1C(=O)[C@H](O)[C@H](c2ccc(OC)cc2)Sc2cc(Cl)ccc21.O=C(O)C=CC(=O)O. The Morgan fingerprint density at radius 3 is 2.29 bits per heavy atom. The van der Waals surface area contributed by atoms with Gasteiger partial charge in [0.05, 0.1) is 18.0 Å². The maximum absolute atomic E-state index is 13.0. The van der Waals surface area contributed by atoms with Crippen LogP contribution in [0.15, 0.2) is 59.5 Å². The molecule has 1 amide bonds. The Labute approximate surface area is 206 Å². The molecular weight excluding hydrogens is 484 g/mol. The molecule has 0 saturated heterocycles. The number of fused-ring (bicyclic) bond motifs is 1. The molecule has 0 radical (unpaired) electrons. The van der Waals surface area contributed by atoms with Crippen LogP contribution in [0.5, 0.6) is 5.75 Å².